The largest absolute Gasteiger partial charge is 0.369 e. The Kier molecular flexibility index (Phi) is 17.1. The molecule has 0 radical (unpaired) electrons. The zero-order valence-corrected chi connectivity index (χ0v) is 21.7. The summed E-state index contributed by atoms with van der Waals surface area (Å²) >= 11 is 0. The molecule has 208 valence electrons. The van der Waals surface area contributed by atoms with E-state index < -0.39 is 0 Å². The highest BCUT2D eigenvalue weighted by Gasteiger charge is 2.08. The smallest absolute Gasteiger partial charge is 0.246 e. The van der Waals surface area contributed by atoms with Crippen LogP contribution in [0.4, 0.5) is 5.69 Å². The number of hydrogen-bond acceptors (Lipinski definition) is 8. The standard InChI is InChI=1S/C26H37N5O7/c1-31(26(37)7-4-16-32)15-3-6-23(34)28-14-13-27-12-2-5-24(35)29-19-25(36)30-22-10-8-21(9-11-22)20-38-18-17-33/h4,7-11,16-17,27H,2-3,5-6,12-15,18-20H2,1H3,(H,28,34)(H,29,35)(H,30,36)/b7-4-. The van der Waals surface area contributed by atoms with Crippen LogP contribution in [0.25, 0.3) is 0 Å². The normalized spacial score (nSPS) is 10.6. The Morgan fingerprint density at radius 3 is 2.32 bits per heavy atom. The molecule has 1 rings (SSSR count). The third-order valence-corrected chi connectivity index (χ3v) is 5.11. The number of rotatable bonds is 20. The zero-order chi connectivity index (χ0) is 28.0. The average Bonchev–Trinajstić information content (AvgIpc) is 2.91. The van der Waals surface area contributed by atoms with E-state index in [4.69, 9.17) is 4.74 Å². The van der Waals surface area contributed by atoms with Crippen LogP contribution >= 0.6 is 0 Å². The monoisotopic (exact) mass is 531 g/mol. The fourth-order valence-corrected chi connectivity index (χ4v) is 3.10. The van der Waals surface area contributed by atoms with Crippen LogP contribution < -0.4 is 21.3 Å². The van der Waals surface area contributed by atoms with Crippen LogP contribution in [0.1, 0.15) is 31.2 Å². The lowest BCUT2D eigenvalue weighted by Gasteiger charge is -2.14. The fraction of sp³-hybridized carbons (Fsp3) is 0.462. The molecule has 38 heavy (non-hydrogen) atoms. The predicted molar refractivity (Wildman–Crippen MR) is 141 cm³/mol. The van der Waals surface area contributed by atoms with Crippen molar-refractivity contribution in [1.82, 2.24) is 20.9 Å². The van der Waals surface area contributed by atoms with Crippen molar-refractivity contribution in [2.45, 2.75) is 32.3 Å². The lowest BCUT2D eigenvalue weighted by Crippen LogP contribution is -2.34. The van der Waals surface area contributed by atoms with Crippen molar-refractivity contribution in [2.24, 2.45) is 0 Å². The number of ether oxygens (including phenoxy) is 1. The second-order valence-electron chi connectivity index (χ2n) is 8.27. The number of benzene rings is 1. The van der Waals surface area contributed by atoms with E-state index in [2.05, 4.69) is 21.3 Å². The molecule has 12 heteroatoms. The summed E-state index contributed by atoms with van der Waals surface area (Å²) in [6.45, 7) is 2.17. The molecule has 0 fully saturated rings. The lowest BCUT2D eigenvalue weighted by molar-refractivity contribution is -0.126. The molecule has 1 aromatic rings. The van der Waals surface area contributed by atoms with Gasteiger partial charge in [0, 0.05) is 51.3 Å². The van der Waals surface area contributed by atoms with Gasteiger partial charge < -0.3 is 35.7 Å². The van der Waals surface area contributed by atoms with Gasteiger partial charge >= 0.3 is 0 Å². The Hall–Kier alpha value is -3.90. The van der Waals surface area contributed by atoms with E-state index in [1.54, 1.807) is 31.3 Å². The van der Waals surface area contributed by atoms with Gasteiger partial charge in [0.15, 0.2) is 0 Å². The first kappa shape index (κ1) is 32.1. The number of aldehydes is 2. The Labute approximate surface area is 222 Å². The highest BCUT2D eigenvalue weighted by atomic mass is 16.5. The number of carbonyl (C=O) groups is 6. The summed E-state index contributed by atoms with van der Waals surface area (Å²) in [6, 6.07) is 6.98. The minimum atomic E-state index is -0.342. The first-order valence-corrected chi connectivity index (χ1v) is 12.4. The zero-order valence-electron chi connectivity index (χ0n) is 21.7. The van der Waals surface area contributed by atoms with Crippen molar-refractivity contribution in [3.8, 4) is 0 Å². The summed E-state index contributed by atoms with van der Waals surface area (Å²) < 4.78 is 5.11. The number of nitrogens with one attached hydrogen (secondary N) is 4. The van der Waals surface area contributed by atoms with E-state index in [9.17, 15) is 28.8 Å². The maximum absolute atomic E-state index is 12.0. The number of amides is 4. The quantitative estimate of drug-likeness (QED) is 0.103. The predicted octanol–water partition coefficient (Wildman–Crippen LogP) is -0.0635. The molecule has 0 aromatic heterocycles. The first-order valence-electron chi connectivity index (χ1n) is 12.4. The maximum atomic E-state index is 12.0. The lowest BCUT2D eigenvalue weighted by atomic mass is 10.2. The van der Waals surface area contributed by atoms with Crippen molar-refractivity contribution >= 4 is 41.9 Å². The van der Waals surface area contributed by atoms with Gasteiger partial charge in [0.25, 0.3) is 0 Å². The minimum Gasteiger partial charge on any atom is -0.369 e. The molecule has 0 saturated heterocycles. The van der Waals surface area contributed by atoms with Gasteiger partial charge in [-0.05, 0) is 43.2 Å². The molecule has 0 spiro atoms. The molecule has 0 saturated carbocycles. The van der Waals surface area contributed by atoms with E-state index in [-0.39, 0.29) is 49.6 Å². The van der Waals surface area contributed by atoms with Gasteiger partial charge in [-0.2, -0.15) is 0 Å². The van der Waals surface area contributed by atoms with Crippen molar-refractivity contribution in [3.63, 3.8) is 0 Å². The highest BCUT2D eigenvalue weighted by molar-refractivity contribution is 5.94. The minimum absolute atomic E-state index is 0.0294. The van der Waals surface area contributed by atoms with Gasteiger partial charge in [-0.3, -0.25) is 24.0 Å². The Morgan fingerprint density at radius 2 is 1.61 bits per heavy atom. The average molecular weight is 532 g/mol. The number of nitrogens with zero attached hydrogens (tertiary/aromatic N) is 1. The number of hydrogen-bond donors (Lipinski definition) is 4. The fourth-order valence-electron chi connectivity index (χ4n) is 3.10. The van der Waals surface area contributed by atoms with E-state index in [1.807, 2.05) is 0 Å². The highest BCUT2D eigenvalue weighted by Crippen LogP contribution is 2.10. The summed E-state index contributed by atoms with van der Waals surface area (Å²) in [4.78, 5) is 69.3. The Bertz CT molecular complexity index is 934. The van der Waals surface area contributed by atoms with Gasteiger partial charge in [-0.15, -0.1) is 0 Å². The molecule has 0 bridgehead atoms. The molecule has 4 N–H and O–H groups in total. The van der Waals surface area contributed by atoms with E-state index in [0.29, 0.717) is 63.9 Å². The first-order chi connectivity index (χ1) is 18.3. The molecule has 1 aromatic carbocycles. The van der Waals surface area contributed by atoms with Crippen LogP contribution in [0.2, 0.25) is 0 Å². The molecule has 12 nitrogen and oxygen atoms in total. The van der Waals surface area contributed by atoms with Crippen LogP contribution in [0.3, 0.4) is 0 Å². The molecule has 0 aliphatic heterocycles. The van der Waals surface area contributed by atoms with Gasteiger partial charge in [-0.1, -0.05) is 12.1 Å². The van der Waals surface area contributed by atoms with Crippen LogP contribution in [0.5, 0.6) is 0 Å². The second-order valence-corrected chi connectivity index (χ2v) is 8.27. The third-order valence-electron chi connectivity index (χ3n) is 5.11. The molecular weight excluding hydrogens is 494 g/mol. The maximum Gasteiger partial charge on any atom is 0.246 e. The summed E-state index contributed by atoms with van der Waals surface area (Å²) in [5, 5.41) is 11.2. The van der Waals surface area contributed by atoms with Crippen LogP contribution in [-0.2, 0) is 40.1 Å². The Balaban J connectivity index is 2.04. The van der Waals surface area contributed by atoms with Crippen molar-refractivity contribution in [2.75, 3.05) is 51.7 Å². The Morgan fingerprint density at radius 1 is 0.895 bits per heavy atom. The summed E-state index contributed by atoms with van der Waals surface area (Å²) in [6.07, 6.45) is 5.15. The molecule has 0 atom stereocenters. The molecule has 0 heterocycles. The van der Waals surface area contributed by atoms with Gasteiger partial charge in [0.1, 0.15) is 19.2 Å². The summed E-state index contributed by atoms with van der Waals surface area (Å²) in [5.74, 6) is -0.984. The summed E-state index contributed by atoms with van der Waals surface area (Å²) in [7, 11) is 1.60. The molecular formula is C26H37N5O7. The van der Waals surface area contributed by atoms with Crippen molar-refractivity contribution in [3.05, 3.63) is 42.0 Å². The third kappa shape index (κ3) is 16.0. The van der Waals surface area contributed by atoms with Crippen molar-refractivity contribution in [1.29, 1.82) is 0 Å². The van der Waals surface area contributed by atoms with Crippen LogP contribution in [0.15, 0.2) is 36.4 Å². The van der Waals surface area contributed by atoms with Gasteiger partial charge in [-0.25, -0.2) is 0 Å². The van der Waals surface area contributed by atoms with Crippen molar-refractivity contribution < 1.29 is 33.5 Å². The van der Waals surface area contributed by atoms with E-state index in [0.717, 1.165) is 11.6 Å². The molecule has 0 aliphatic rings. The van der Waals surface area contributed by atoms with E-state index >= 15 is 0 Å². The second kappa shape index (κ2) is 20.2. The van der Waals surface area contributed by atoms with Gasteiger partial charge in [0.05, 0.1) is 13.2 Å². The molecule has 4 amide bonds. The van der Waals surface area contributed by atoms with Crippen LogP contribution in [-0.4, -0.2) is 87.5 Å². The van der Waals surface area contributed by atoms with Crippen LogP contribution in [0, 0.1) is 0 Å². The van der Waals surface area contributed by atoms with E-state index in [1.165, 1.54) is 11.0 Å². The molecule has 0 unspecified atom stereocenters. The summed E-state index contributed by atoms with van der Waals surface area (Å²) in [5.41, 5.74) is 1.46. The topological polar surface area (TPSA) is 163 Å². The van der Waals surface area contributed by atoms with Gasteiger partial charge in [0.2, 0.25) is 23.6 Å². The molecule has 0 aliphatic carbocycles. The number of likely N-dealkylation sites (N-methyl/N-ethyl adjacent to an activating group) is 1. The number of carbonyl (C=O) groups excluding carboxylic acids is 6. The number of allylic oxidation sites excluding steroid dienone is 1. The SMILES string of the molecule is CN(CCCC(=O)NCCNCCCC(=O)NCC(=O)Nc1ccc(COCC=O)cc1)C(=O)/C=C\C=O. The number of anilines is 1.